The second kappa shape index (κ2) is 10.6. The highest BCUT2D eigenvalue weighted by Gasteiger charge is 2.27. The fraction of sp³-hybridized carbons (Fsp3) is 0.115. The Morgan fingerprint density at radius 1 is 1.00 bits per heavy atom. The van der Waals surface area contributed by atoms with Gasteiger partial charge in [-0.05, 0) is 48.9 Å². The molecule has 3 aromatic carbocycles. The molecule has 0 saturated heterocycles. The molecule has 1 aromatic heterocycles. The number of aromatic amines is 1. The second-order valence-corrected chi connectivity index (χ2v) is 10.0. The Kier molecular flexibility index (Phi) is 7.37. The summed E-state index contributed by atoms with van der Waals surface area (Å²) >= 11 is 0. The summed E-state index contributed by atoms with van der Waals surface area (Å²) in [5, 5.41) is 2.71. The first kappa shape index (κ1) is 25.0. The van der Waals surface area contributed by atoms with Crippen LogP contribution in [0.2, 0.25) is 0 Å². The van der Waals surface area contributed by atoms with Crippen molar-refractivity contribution in [2.75, 3.05) is 11.9 Å². The topological polar surface area (TPSA) is 112 Å². The van der Waals surface area contributed by atoms with E-state index in [0.717, 1.165) is 4.31 Å². The van der Waals surface area contributed by atoms with E-state index in [1.54, 1.807) is 49.4 Å². The van der Waals surface area contributed by atoms with Gasteiger partial charge < -0.3 is 10.3 Å². The van der Waals surface area contributed by atoms with E-state index in [9.17, 15) is 22.4 Å². The summed E-state index contributed by atoms with van der Waals surface area (Å²) in [6.07, 6.45) is 0. The highest BCUT2D eigenvalue weighted by molar-refractivity contribution is 7.89. The van der Waals surface area contributed by atoms with Crippen molar-refractivity contribution in [3.8, 4) is 11.4 Å². The van der Waals surface area contributed by atoms with Gasteiger partial charge in [-0.1, -0.05) is 42.5 Å². The first-order valence-corrected chi connectivity index (χ1v) is 12.4. The third-order valence-corrected chi connectivity index (χ3v) is 7.07. The number of hydrogen-bond donors (Lipinski definition) is 2. The van der Waals surface area contributed by atoms with Gasteiger partial charge in [-0.2, -0.15) is 4.31 Å². The molecule has 0 radical (unpaired) electrons. The maximum atomic E-state index is 13.4. The summed E-state index contributed by atoms with van der Waals surface area (Å²) in [7, 11) is -4.03. The molecule has 2 N–H and O–H groups in total. The van der Waals surface area contributed by atoms with E-state index < -0.39 is 28.3 Å². The summed E-state index contributed by atoms with van der Waals surface area (Å²) in [6.45, 7) is 1.10. The van der Waals surface area contributed by atoms with Crippen LogP contribution in [-0.2, 0) is 21.4 Å². The van der Waals surface area contributed by atoms with E-state index in [-0.39, 0.29) is 17.0 Å². The number of benzene rings is 3. The molecule has 0 aliphatic rings. The van der Waals surface area contributed by atoms with Crippen molar-refractivity contribution in [3.63, 3.8) is 0 Å². The second-order valence-electron chi connectivity index (χ2n) is 8.08. The Morgan fingerprint density at radius 3 is 2.42 bits per heavy atom. The monoisotopic (exact) mass is 506 g/mol. The largest absolute Gasteiger partial charge is 0.325 e. The van der Waals surface area contributed by atoms with Gasteiger partial charge in [0.05, 0.1) is 11.4 Å². The van der Waals surface area contributed by atoms with Crippen molar-refractivity contribution in [2.24, 2.45) is 0 Å². The maximum absolute atomic E-state index is 13.4. The number of carbonyl (C=O) groups excluding carboxylic acids is 1. The van der Waals surface area contributed by atoms with Crippen molar-refractivity contribution < 1.29 is 17.6 Å². The molecule has 0 aliphatic heterocycles. The molecule has 1 amide bonds. The summed E-state index contributed by atoms with van der Waals surface area (Å²) in [5.74, 6) is -0.668. The molecule has 10 heteroatoms. The standard InChI is InChI=1S/C26H23FN4O4S/c1-18-14-24(32)30-26(28-18)20-6-5-7-22(15-20)29-25(33)17-31(16-19-10-12-21(27)13-11-19)36(34,35)23-8-3-2-4-9-23/h2-15H,16-17H2,1H3,(H,29,33)(H,28,30,32). The lowest BCUT2D eigenvalue weighted by Gasteiger charge is -2.22. The van der Waals surface area contributed by atoms with Gasteiger partial charge in [0.15, 0.2) is 0 Å². The zero-order valence-corrected chi connectivity index (χ0v) is 20.1. The van der Waals surface area contributed by atoms with Gasteiger partial charge in [0, 0.05) is 29.6 Å². The average Bonchev–Trinajstić information content (AvgIpc) is 2.85. The molecule has 1 heterocycles. The van der Waals surface area contributed by atoms with Crippen LogP contribution < -0.4 is 10.9 Å². The molecule has 0 saturated carbocycles. The van der Waals surface area contributed by atoms with Crippen molar-refractivity contribution in [2.45, 2.75) is 18.4 Å². The van der Waals surface area contributed by atoms with Gasteiger partial charge in [-0.3, -0.25) is 9.59 Å². The number of nitrogens with one attached hydrogen (secondary N) is 2. The van der Waals surface area contributed by atoms with Crippen LogP contribution in [0.3, 0.4) is 0 Å². The number of aryl methyl sites for hydroxylation is 1. The van der Waals surface area contributed by atoms with Crippen LogP contribution in [0.25, 0.3) is 11.4 Å². The zero-order chi connectivity index (χ0) is 25.7. The molecular formula is C26H23FN4O4S. The summed E-state index contributed by atoms with van der Waals surface area (Å²) in [5.41, 5.74) is 1.76. The molecule has 36 heavy (non-hydrogen) atoms. The van der Waals surface area contributed by atoms with Crippen LogP contribution in [0.4, 0.5) is 10.1 Å². The summed E-state index contributed by atoms with van der Waals surface area (Å²) in [6, 6.07) is 21.3. The fourth-order valence-electron chi connectivity index (χ4n) is 3.58. The zero-order valence-electron chi connectivity index (χ0n) is 19.3. The van der Waals surface area contributed by atoms with Crippen LogP contribution in [0.15, 0.2) is 94.6 Å². The van der Waals surface area contributed by atoms with Crippen molar-refractivity contribution in [1.82, 2.24) is 14.3 Å². The highest BCUT2D eigenvalue weighted by Crippen LogP contribution is 2.21. The number of anilines is 1. The predicted octanol–water partition coefficient (Wildman–Crippen LogP) is 3.71. The lowest BCUT2D eigenvalue weighted by Crippen LogP contribution is -2.37. The van der Waals surface area contributed by atoms with E-state index in [0.29, 0.717) is 28.3 Å². The number of amides is 1. The molecule has 4 aromatic rings. The molecule has 0 fully saturated rings. The number of hydrogen-bond acceptors (Lipinski definition) is 5. The minimum atomic E-state index is -4.03. The first-order valence-electron chi connectivity index (χ1n) is 11.0. The minimum absolute atomic E-state index is 0.0383. The van der Waals surface area contributed by atoms with E-state index in [2.05, 4.69) is 15.3 Å². The number of nitrogens with zero attached hydrogens (tertiary/aromatic N) is 2. The van der Waals surface area contributed by atoms with Crippen LogP contribution in [-0.4, -0.2) is 35.1 Å². The smallest absolute Gasteiger partial charge is 0.251 e. The van der Waals surface area contributed by atoms with Gasteiger partial charge in [0.2, 0.25) is 15.9 Å². The van der Waals surface area contributed by atoms with Crippen LogP contribution in [0.5, 0.6) is 0 Å². The Bertz CT molecular complexity index is 1540. The molecule has 4 rings (SSSR count). The van der Waals surface area contributed by atoms with Crippen LogP contribution in [0.1, 0.15) is 11.3 Å². The summed E-state index contributed by atoms with van der Waals surface area (Å²) in [4.78, 5) is 31.8. The molecule has 0 atom stereocenters. The van der Waals surface area contributed by atoms with Gasteiger partial charge in [0.25, 0.3) is 5.56 Å². The van der Waals surface area contributed by atoms with E-state index in [1.807, 2.05) is 0 Å². The van der Waals surface area contributed by atoms with Gasteiger partial charge in [-0.15, -0.1) is 0 Å². The molecular weight excluding hydrogens is 483 g/mol. The highest BCUT2D eigenvalue weighted by atomic mass is 32.2. The third kappa shape index (κ3) is 6.09. The van der Waals surface area contributed by atoms with Crippen LogP contribution >= 0.6 is 0 Å². The SMILES string of the molecule is Cc1cc(=O)[nH]c(-c2cccc(NC(=O)CN(Cc3ccc(F)cc3)S(=O)(=O)c3ccccc3)c2)n1. The summed E-state index contributed by atoms with van der Waals surface area (Å²) < 4.78 is 41.0. The number of aromatic nitrogens is 2. The molecule has 8 nitrogen and oxygen atoms in total. The van der Waals surface area contributed by atoms with Gasteiger partial charge >= 0.3 is 0 Å². The normalized spacial score (nSPS) is 11.4. The molecule has 0 bridgehead atoms. The minimum Gasteiger partial charge on any atom is -0.325 e. The van der Waals surface area contributed by atoms with Gasteiger partial charge in [0.1, 0.15) is 11.6 Å². The van der Waals surface area contributed by atoms with Crippen LogP contribution in [0, 0.1) is 12.7 Å². The van der Waals surface area contributed by atoms with E-state index in [1.165, 1.54) is 42.5 Å². The first-order chi connectivity index (χ1) is 17.2. The van der Waals surface area contributed by atoms with E-state index in [4.69, 9.17) is 0 Å². The Morgan fingerprint density at radius 2 is 1.72 bits per heavy atom. The van der Waals surface area contributed by atoms with E-state index >= 15 is 0 Å². The predicted molar refractivity (Wildman–Crippen MR) is 134 cm³/mol. The van der Waals surface area contributed by atoms with Crippen molar-refractivity contribution in [1.29, 1.82) is 0 Å². The molecule has 0 spiro atoms. The lowest BCUT2D eigenvalue weighted by molar-refractivity contribution is -0.116. The van der Waals surface area contributed by atoms with Crippen molar-refractivity contribution >= 4 is 21.6 Å². The van der Waals surface area contributed by atoms with Crippen molar-refractivity contribution in [3.05, 3.63) is 112 Å². The Labute approximate surface area is 207 Å². The molecule has 0 unspecified atom stereocenters. The average molecular weight is 507 g/mol. The Hall–Kier alpha value is -4.15. The number of sulfonamides is 1. The molecule has 184 valence electrons. The molecule has 0 aliphatic carbocycles. The number of rotatable bonds is 8. The third-order valence-electron chi connectivity index (χ3n) is 5.26. The maximum Gasteiger partial charge on any atom is 0.251 e. The Balaban J connectivity index is 1.58. The van der Waals surface area contributed by atoms with Gasteiger partial charge in [-0.25, -0.2) is 17.8 Å². The number of H-pyrrole nitrogens is 1. The number of carbonyl (C=O) groups is 1. The quantitative estimate of drug-likeness (QED) is 0.378. The fourth-order valence-corrected chi connectivity index (χ4v) is 4.99. The lowest BCUT2D eigenvalue weighted by atomic mass is 10.2. The number of halogens is 1.